The van der Waals surface area contributed by atoms with Crippen molar-refractivity contribution in [1.82, 2.24) is 5.32 Å². The molecule has 0 saturated carbocycles. The molecule has 0 radical (unpaired) electrons. The molecule has 3 aromatic carbocycles. The molecular weight excluding hydrogens is 574 g/mol. The van der Waals surface area contributed by atoms with Crippen LogP contribution in [0.2, 0.25) is 0 Å². The van der Waals surface area contributed by atoms with Crippen molar-refractivity contribution in [2.24, 2.45) is 5.92 Å². The van der Waals surface area contributed by atoms with Crippen LogP contribution in [-0.2, 0) is 25.7 Å². The molecule has 3 amide bonds. The molecule has 1 aliphatic heterocycles. The molecule has 0 aliphatic carbocycles. The first-order chi connectivity index (χ1) is 19.2. The zero-order valence-electron chi connectivity index (χ0n) is 23.6. The third-order valence-electron chi connectivity index (χ3n) is 7.61. The highest BCUT2D eigenvalue weighted by Crippen LogP contribution is 2.39. The summed E-state index contributed by atoms with van der Waals surface area (Å²) in [7, 11) is 3.15. The second-order valence-electron chi connectivity index (χ2n) is 10.0. The number of hydrogen-bond acceptors (Lipinski definition) is 5. The maximum Gasteiger partial charge on any atom is 0.252 e. The number of ether oxygens (including phenoxy) is 2. The van der Waals surface area contributed by atoms with Crippen LogP contribution in [0.25, 0.3) is 10.8 Å². The quantitative estimate of drug-likeness (QED) is 0.349. The lowest BCUT2D eigenvalue weighted by atomic mass is 10.0. The van der Waals surface area contributed by atoms with Crippen LogP contribution in [0.5, 0.6) is 5.75 Å². The summed E-state index contributed by atoms with van der Waals surface area (Å²) in [5.41, 5.74) is 2.01. The van der Waals surface area contributed by atoms with Crippen LogP contribution < -0.4 is 19.9 Å². The van der Waals surface area contributed by atoms with Crippen LogP contribution >= 0.6 is 15.9 Å². The zero-order chi connectivity index (χ0) is 29.0. The van der Waals surface area contributed by atoms with Gasteiger partial charge < -0.3 is 24.6 Å². The van der Waals surface area contributed by atoms with Gasteiger partial charge in [-0.2, -0.15) is 0 Å². The Hall–Kier alpha value is -3.43. The van der Waals surface area contributed by atoms with E-state index >= 15 is 0 Å². The largest absolute Gasteiger partial charge is 0.496 e. The molecule has 0 bridgehead atoms. The SMILES string of the molecule is CC[C@@H](C)C(=O)N[C@@H]1C(=O)N(Cc2c(OC)ccc3c(Br)cccc23)c2ccccc2N(C(=O)CCOC)[C@H]1C. The summed E-state index contributed by atoms with van der Waals surface area (Å²) >= 11 is 3.64. The van der Waals surface area contributed by atoms with E-state index in [1.54, 1.807) is 30.9 Å². The van der Waals surface area contributed by atoms with E-state index in [1.807, 2.05) is 68.4 Å². The van der Waals surface area contributed by atoms with E-state index in [1.165, 1.54) is 0 Å². The first kappa shape index (κ1) is 29.6. The van der Waals surface area contributed by atoms with Gasteiger partial charge in [0.05, 0.1) is 44.1 Å². The lowest BCUT2D eigenvalue weighted by molar-refractivity contribution is -0.130. The van der Waals surface area contributed by atoms with Crippen molar-refractivity contribution < 1.29 is 23.9 Å². The van der Waals surface area contributed by atoms with Crippen LogP contribution in [-0.4, -0.2) is 50.6 Å². The second-order valence-corrected chi connectivity index (χ2v) is 10.9. The number of para-hydroxylation sites is 2. The van der Waals surface area contributed by atoms with Crippen LogP contribution in [0.1, 0.15) is 39.2 Å². The lowest BCUT2D eigenvalue weighted by Crippen LogP contribution is -2.58. The number of rotatable bonds is 9. The highest BCUT2D eigenvalue weighted by atomic mass is 79.9. The number of halogens is 1. The third kappa shape index (κ3) is 5.71. The molecule has 0 unspecified atom stereocenters. The Balaban J connectivity index is 1.90. The summed E-state index contributed by atoms with van der Waals surface area (Å²) in [4.78, 5) is 44.4. The maximum absolute atomic E-state index is 14.5. The van der Waals surface area contributed by atoms with Gasteiger partial charge in [0.25, 0.3) is 5.91 Å². The van der Waals surface area contributed by atoms with Gasteiger partial charge in [-0.15, -0.1) is 0 Å². The van der Waals surface area contributed by atoms with E-state index in [9.17, 15) is 14.4 Å². The molecule has 8 nitrogen and oxygen atoms in total. The van der Waals surface area contributed by atoms with Crippen molar-refractivity contribution >= 4 is 55.8 Å². The fourth-order valence-electron chi connectivity index (χ4n) is 5.13. The number of nitrogens with zero attached hydrogens (tertiary/aromatic N) is 2. The average Bonchev–Trinajstić information content (AvgIpc) is 3.04. The van der Waals surface area contributed by atoms with Gasteiger partial charge in [-0.25, -0.2) is 0 Å². The number of carbonyl (C=O) groups excluding carboxylic acids is 3. The number of methoxy groups -OCH3 is 2. The van der Waals surface area contributed by atoms with Gasteiger partial charge in [-0.3, -0.25) is 14.4 Å². The van der Waals surface area contributed by atoms with Crippen molar-refractivity contribution in [2.45, 2.75) is 52.2 Å². The van der Waals surface area contributed by atoms with Crippen LogP contribution in [0.3, 0.4) is 0 Å². The van der Waals surface area contributed by atoms with Gasteiger partial charge in [0.15, 0.2) is 0 Å². The second kappa shape index (κ2) is 12.8. The molecule has 40 heavy (non-hydrogen) atoms. The standard InChI is InChI=1S/C31H36BrN3O5/c1-6-19(2)30(37)33-29-20(3)35(28(36)16-17-39-4)26-13-8-7-12-25(26)34(31(29)38)18-23-21-10-9-11-24(32)22(21)14-15-27(23)40-5/h7-15,19-20,29H,6,16-18H2,1-5H3,(H,33,37)/t19-,20+,29+/m1/s1. The average molecular weight is 611 g/mol. The third-order valence-corrected chi connectivity index (χ3v) is 8.30. The number of fused-ring (bicyclic) bond motifs is 2. The zero-order valence-corrected chi connectivity index (χ0v) is 25.2. The van der Waals surface area contributed by atoms with Gasteiger partial charge >= 0.3 is 0 Å². The van der Waals surface area contributed by atoms with Crippen LogP contribution in [0.15, 0.2) is 59.1 Å². The fraction of sp³-hybridized carbons (Fsp3) is 0.387. The first-order valence-electron chi connectivity index (χ1n) is 13.5. The normalized spacial score (nSPS) is 17.8. The number of hydrogen-bond donors (Lipinski definition) is 1. The van der Waals surface area contributed by atoms with Crippen molar-refractivity contribution in [3.05, 3.63) is 64.6 Å². The summed E-state index contributed by atoms with van der Waals surface area (Å²) in [5.74, 6) is -0.359. The molecule has 1 heterocycles. The van der Waals surface area contributed by atoms with E-state index in [-0.39, 0.29) is 43.2 Å². The highest BCUT2D eigenvalue weighted by Gasteiger charge is 2.42. The van der Waals surface area contributed by atoms with E-state index < -0.39 is 12.1 Å². The predicted molar refractivity (Wildman–Crippen MR) is 161 cm³/mol. The Morgan fingerprint density at radius 2 is 1.75 bits per heavy atom. The maximum atomic E-state index is 14.5. The molecule has 0 spiro atoms. The minimum absolute atomic E-state index is 0.139. The van der Waals surface area contributed by atoms with Crippen LogP contribution in [0.4, 0.5) is 11.4 Å². The fourth-order valence-corrected chi connectivity index (χ4v) is 5.63. The van der Waals surface area contributed by atoms with Crippen molar-refractivity contribution in [2.75, 3.05) is 30.6 Å². The van der Waals surface area contributed by atoms with Crippen molar-refractivity contribution in [3.63, 3.8) is 0 Å². The minimum Gasteiger partial charge on any atom is -0.496 e. The summed E-state index contributed by atoms with van der Waals surface area (Å²) < 4.78 is 11.9. The number of nitrogens with one attached hydrogen (secondary N) is 1. The summed E-state index contributed by atoms with van der Waals surface area (Å²) in [5, 5.41) is 4.90. The Bertz CT molecular complexity index is 1410. The van der Waals surface area contributed by atoms with Crippen molar-refractivity contribution in [3.8, 4) is 5.75 Å². The predicted octanol–water partition coefficient (Wildman–Crippen LogP) is 5.45. The Labute approximate surface area is 243 Å². The molecule has 212 valence electrons. The molecule has 1 N–H and O–H groups in total. The van der Waals surface area contributed by atoms with E-state index in [4.69, 9.17) is 9.47 Å². The topological polar surface area (TPSA) is 88.2 Å². The molecule has 0 saturated heterocycles. The number of benzene rings is 3. The molecular formula is C31H36BrN3O5. The molecule has 1 aliphatic rings. The lowest BCUT2D eigenvalue weighted by Gasteiger charge is -2.32. The first-order valence-corrected chi connectivity index (χ1v) is 14.3. The summed E-state index contributed by atoms with van der Waals surface area (Å²) in [6.07, 6.45) is 0.768. The van der Waals surface area contributed by atoms with Gasteiger partial charge in [0.1, 0.15) is 11.8 Å². The number of anilines is 2. The van der Waals surface area contributed by atoms with Crippen LogP contribution in [0, 0.1) is 5.92 Å². The molecule has 3 atom stereocenters. The molecule has 4 rings (SSSR count). The van der Waals surface area contributed by atoms with E-state index in [2.05, 4.69) is 21.2 Å². The Morgan fingerprint density at radius 3 is 2.42 bits per heavy atom. The van der Waals surface area contributed by atoms with Crippen molar-refractivity contribution in [1.29, 1.82) is 0 Å². The summed E-state index contributed by atoms with van der Waals surface area (Å²) in [6, 6.07) is 15.5. The summed E-state index contributed by atoms with van der Waals surface area (Å²) in [6.45, 7) is 5.98. The molecule has 0 aromatic heterocycles. The Morgan fingerprint density at radius 1 is 1.02 bits per heavy atom. The minimum atomic E-state index is -0.965. The van der Waals surface area contributed by atoms with Gasteiger partial charge in [0.2, 0.25) is 11.8 Å². The highest BCUT2D eigenvalue weighted by molar-refractivity contribution is 9.10. The Kier molecular flexibility index (Phi) is 9.48. The van der Waals surface area contributed by atoms with E-state index in [0.717, 1.165) is 20.8 Å². The molecule has 0 fully saturated rings. The van der Waals surface area contributed by atoms with E-state index in [0.29, 0.717) is 23.5 Å². The van der Waals surface area contributed by atoms with Gasteiger partial charge in [-0.05, 0) is 54.4 Å². The van der Waals surface area contributed by atoms with Gasteiger partial charge in [0, 0.05) is 23.1 Å². The smallest absolute Gasteiger partial charge is 0.252 e. The number of carbonyl (C=O) groups is 3. The molecule has 9 heteroatoms. The molecule has 3 aromatic rings. The number of amides is 3. The van der Waals surface area contributed by atoms with Gasteiger partial charge in [-0.1, -0.05) is 54.0 Å². The monoisotopic (exact) mass is 609 g/mol.